The molecule has 4 bridgehead atoms. The maximum Gasteiger partial charge on any atom is 0.254 e. The number of nitrogens with zero attached hydrogens (tertiary/aromatic N) is 3. The first kappa shape index (κ1) is 21.5. The van der Waals surface area contributed by atoms with E-state index >= 15 is 0 Å². The van der Waals surface area contributed by atoms with E-state index < -0.39 is 0 Å². The van der Waals surface area contributed by atoms with Crippen molar-refractivity contribution in [2.24, 2.45) is 30.2 Å². The van der Waals surface area contributed by atoms with Crippen molar-refractivity contribution in [3.05, 3.63) is 58.7 Å². The molecule has 2 saturated heterocycles. The number of hydrogen-bond acceptors (Lipinski definition) is 4. The van der Waals surface area contributed by atoms with Gasteiger partial charge in [0.25, 0.3) is 5.91 Å². The number of nitrogens with one attached hydrogen (secondary N) is 1. The van der Waals surface area contributed by atoms with Crippen LogP contribution in [0.5, 0.6) is 5.75 Å². The van der Waals surface area contributed by atoms with E-state index in [4.69, 9.17) is 5.41 Å². The van der Waals surface area contributed by atoms with Crippen LogP contribution in [-0.2, 0) is 18.9 Å². The summed E-state index contributed by atoms with van der Waals surface area (Å²) in [5, 5.41) is 18.8. The third kappa shape index (κ3) is 2.56. The lowest BCUT2D eigenvalue weighted by Gasteiger charge is -2.66. The van der Waals surface area contributed by atoms with Crippen molar-refractivity contribution in [3.8, 4) is 5.75 Å². The van der Waals surface area contributed by atoms with Crippen LogP contribution < -0.4 is 5.49 Å². The summed E-state index contributed by atoms with van der Waals surface area (Å²) >= 11 is 0. The standard InChI is InChI=1S/C30H36N4O2/c1-32-10-7-20(13-26(32)31)28(36)34-17-21-15-29-8-6-24(34)27(21)30(29)9-11-33(16-18-2-3-18)25(29)12-19-4-5-22(35)14-23(19)30/h4-5,7,10,13-14,18,21,24-25,27,31,35H,2-3,6,8-9,11-12,15-17H2,1H3/t21-,24?,25?,27?,29?,30?/m1/s1. The summed E-state index contributed by atoms with van der Waals surface area (Å²) < 4.78 is 1.74. The Labute approximate surface area is 212 Å². The van der Waals surface area contributed by atoms with Crippen LogP contribution >= 0.6 is 0 Å². The number of piperidine rings is 1. The average Bonchev–Trinajstić information content (AvgIpc) is 3.56. The zero-order valence-corrected chi connectivity index (χ0v) is 21.1. The molecular formula is C30H36N4O2. The summed E-state index contributed by atoms with van der Waals surface area (Å²) in [6.45, 7) is 3.26. The Morgan fingerprint density at radius 2 is 2.03 bits per heavy atom. The number of phenolic OH excluding ortho intramolecular Hbond substituents is 1. The lowest BCUT2D eigenvalue weighted by atomic mass is 9.43. The van der Waals surface area contributed by atoms with Gasteiger partial charge in [-0.1, -0.05) is 6.07 Å². The molecule has 6 heteroatoms. The Balaban J connectivity index is 1.23. The monoisotopic (exact) mass is 484 g/mol. The molecule has 0 spiro atoms. The van der Waals surface area contributed by atoms with E-state index in [9.17, 15) is 9.90 Å². The van der Waals surface area contributed by atoms with Gasteiger partial charge in [-0.15, -0.1) is 0 Å². The molecule has 5 fully saturated rings. The summed E-state index contributed by atoms with van der Waals surface area (Å²) in [4.78, 5) is 18.9. The van der Waals surface area contributed by atoms with Gasteiger partial charge in [0, 0.05) is 49.4 Å². The van der Waals surface area contributed by atoms with Gasteiger partial charge < -0.3 is 14.6 Å². The molecule has 5 unspecified atom stereocenters. The number of amides is 1. The molecule has 1 aromatic heterocycles. The highest BCUT2D eigenvalue weighted by Gasteiger charge is 2.76. The Morgan fingerprint density at radius 3 is 2.83 bits per heavy atom. The van der Waals surface area contributed by atoms with Gasteiger partial charge in [-0.2, -0.15) is 0 Å². The first-order valence-corrected chi connectivity index (χ1v) is 14.0. The third-order valence-electron chi connectivity index (χ3n) is 11.4. The molecule has 6 nitrogen and oxygen atoms in total. The Morgan fingerprint density at radius 1 is 1.17 bits per heavy atom. The minimum absolute atomic E-state index is 0.0658. The normalized spacial score (nSPS) is 38.1. The summed E-state index contributed by atoms with van der Waals surface area (Å²) in [5.41, 5.74) is 4.20. The molecule has 6 atom stereocenters. The molecule has 4 aliphatic carbocycles. The van der Waals surface area contributed by atoms with Crippen molar-refractivity contribution in [2.75, 3.05) is 19.6 Å². The summed E-state index contributed by atoms with van der Waals surface area (Å²) in [5.74, 6) is 2.38. The number of benzene rings is 1. The minimum Gasteiger partial charge on any atom is -0.508 e. The number of hydrogen-bond donors (Lipinski definition) is 2. The molecule has 3 saturated carbocycles. The third-order valence-corrected chi connectivity index (χ3v) is 11.4. The largest absolute Gasteiger partial charge is 0.508 e. The Bertz CT molecular complexity index is 1350. The van der Waals surface area contributed by atoms with Gasteiger partial charge in [0.05, 0.1) is 0 Å². The molecule has 2 N–H and O–H groups in total. The van der Waals surface area contributed by atoms with E-state index in [2.05, 4.69) is 21.9 Å². The average molecular weight is 485 g/mol. The zero-order chi connectivity index (χ0) is 24.4. The van der Waals surface area contributed by atoms with Gasteiger partial charge in [-0.25, -0.2) is 0 Å². The maximum absolute atomic E-state index is 13.8. The molecule has 3 heterocycles. The quantitative estimate of drug-likeness (QED) is 0.701. The van der Waals surface area contributed by atoms with E-state index in [0.29, 0.717) is 34.7 Å². The summed E-state index contributed by atoms with van der Waals surface area (Å²) in [7, 11) is 1.85. The first-order valence-electron chi connectivity index (χ1n) is 14.0. The number of pyridine rings is 1. The van der Waals surface area contributed by atoms with Gasteiger partial charge >= 0.3 is 0 Å². The molecule has 1 aromatic carbocycles. The molecule has 2 aromatic rings. The molecule has 0 radical (unpaired) electrons. The topological polar surface area (TPSA) is 72.6 Å². The molecular weight excluding hydrogens is 448 g/mol. The molecule has 1 amide bonds. The van der Waals surface area contributed by atoms with Crippen molar-refractivity contribution in [1.29, 1.82) is 5.41 Å². The fourth-order valence-electron chi connectivity index (χ4n) is 10.0. The van der Waals surface area contributed by atoms with Crippen LogP contribution in [0.15, 0.2) is 36.5 Å². The number of rotatable bonds is 3. The second-order valence-corrected chi connectivity index (χ2v) is 12.8. The van der Waals surface area contributed by atoms with Gasteiger partial charge in [0.2, 0.25) is 0 Å². The lowest BCUT2D eigenvalue weighted by Crippen LogP contribution is -2.69. The maximum atomic E-state index is 13.8. The van der Waals surface area contributed by atoms with E-state index in [0.717, 1.165) is 38.3 Å². The van der Waals surface area contributed by atoms with Crippen molar-refractivity contribution in [3.63, 3.8) is 0 Å². The van der Waals surface area contributed by atoms with E-state index in [-0.39, 0.29) is 22.8 Å². The fourth-order valence-corrected chi connectivity index (χ4v) is 10.0. The van der Waals surface area contributed by atoms with Gasteiger partial charge in [0.1, 0.15) is 11.2 Å². The van der Waals surface area contributed by atoms with Crippen LogP contribution in [-0.4, -0.2) is 57.1 Å². The van der Waals surface area contributed by atoms with Crippen LogP contribution in [0.1, 0.15) is 60.0 Å². The van der Waals surface area contributed by atoms with Gasteiger partial charge in [-0.05, 0) is 110 Å². The highest BCUT2D eigenvalue weighted by atomic mass is 16.3. The number of carbonyl (C=O) groups excluding carboxylic acids is 1. The van der Waals surface area contributed by atoms with E-state index in [1.807, 2.05) is 25.4 Å². The van der Waals surface area contributed by atoms with Crippen LogP contribution in [0.4, 0.5) is 0 Å². The van der Waals surface area contributed by atoms with Crippen molar-refractivity contribution in [1.82, 2.24) is 14.4 Å². The number of aromatic hydroxyl groups is 1. The first-order chi connectivity index (χ1) is 17.4. The molecule has 36 heavy (non-hydrogen) atoms. The molecule has 188 valence electrons. The number of likely N-dealkylation sites (tertiary alicyclic amines) is 2. The van der Waals surface area contributed by atoms with E-state index in [1.54, 1.807) is 10.6 Å². The van der Waals surface area contributed by atoms with Crippen LogP contribution in [0.3, 0.4) is 0 Å². The molecule has 8 rings (SSSR count). The van der Waals surface area contributed by atoms with Crippen LogP contribution in [0.2, 0.25) is 0 Å². The highest BCUT2D eigenvalue weighted by molar-refractivity contribution is 5.94. The second kappa shape index (κ2) is 7.03. The van der Waals surface area contributed by atoms with Crippen molar-refractivity contribution < 1.29 is 9.90 Å². The van der Waals surface area contributed by atoms with Gasteiger partial charge in [0.15, 0.2) is 0 Å². The SMILES string of the molecule is Cn1ccc(C(=O)N2C[C@H]3CC45CCC2C3C42CCN(CC3CC3)C5Cc3ccc(O)cc32)cc1=N. The number of carbonyl (C=O) groups is 1. The Kier molecular flexibility index (Phi) is 4.20. The number of phenols is 1. The number of aromatic nitrogens is 1. The summed E-state index contributed by atoms with van der Waals surface area (Å²) in [6, 6.07) is 10.6. The fraction of sp³-hybridized carbons (Fsp3) is 0.600. The van der Waals surface area contributed by atoms with Crippen molar-refractivity contribution >= 4 is 5.91 Å². The minimum atomic E-state index is 0.0658. The predicted molar refractivity (Wildman–Crippen MR) is 136 cm³/mol. The summed E-state index contributed by atoms with van der Waals surface area (Å²) in [6.07, 6.45) is 10.4. The molecule has 6 aliphatic rings. The predicted octanol–water partition coefficient (Wildman–Crippen LogP) is 3.43. The number of aryl methyl sites for hydroxylation is 1. The Hall–Kier alpha value is -2.60. The highest BCUT2D eigenvalue weighted by Crippen LogP contribution is 2.75. The van der Waals surface area contributed by atoms with Crippen LogP contribution in [0, 0.1) is 28.6 Å². The number of fused-ring (bicyclic) bond motifs is 1. The second-order valence-electron chi connectivity index (χ2n) is 12.8. The molecule has 2 aliphatic heterocycles. The lowest BCUT2D eigenvalue weighted by molar-refractivity contribution is -0.102. The van der Waals surface area contributed by atoms with Crippen LogP contribution in [0.25, 0.3) is 0 Å². The van der Waals surface area contributed by atoms with Gasteiger partial charge in [-0.3, -0.25) is 15.1 Å². The van der Waals surface area contributed by atoms with E-state index in [1.165, 1.54) is 43.4 Å². The van der Waals surface area contributed by atoms with Crippen molar-refractivity contribution in [2.45, 2.75) is 62.4 Å². The smallest absolute Gasteiger partial charge is 0.254 e. The zero-order valence-electron chi connectivity index (χ0n) is 21.1.